The third-order valence-electron chi connectivity index (χ3n) is 0.931. The normalized spacial score (nSPS) is 8.18. The van der Waals surface area contributed by atoms with E-state index in [0.29, 0.717) is 0 Å². The van der Waals surface area contributed by atoms with Gasteiger partial charge in [0.15, 0.2) is 0 Å². The Balaban J connectivity index is 0. The van der Waals surface area contributed by atoms with Gasteiger partial charge < -0.3 is 9.73 Å². The van der Waals surface area contributed by atoms with Gasteiger partial charge in [-0.05, 0) is 26.1 Å². The van der Waals surface area contributed by atoms with Crippen LogP contribution < -0.4 is 5.32 Å². The second-order valence-corrected chi connectivity index (χ2v) is 2.02. The highest BCUT2D eigenvalue weighted by Crippen LogP contribution is 1.96. The number of furan rings is 1. The Bertz CT molecular complexity index is 173. The topological polar surface area (TPSA) is 25.2 Å². The Labute approximate surface area is 69.4 Å². The summed E-state index contributed by atoms with van der Waals surface area (Å²) < 4.78 is 5.01. The van der Waals surface area contributed by atoms with Crippen LogP contribution in [0.1, 0.15) is 14.1 Å². The molecule has 2 heteroatoms. The minimum absolute atomic E-state index is 0. The molecule has 0 aliphatic heterocycles. The standard InChI is InChI=1S/C6H9NO.C3H6.H2/c1-7-5-6-3-2-4-8-6;1-3-2;/h2-4,7H,5H2,1H3;3H,1H2,2H3;1H. The first-order chi connectivity index (χ1) is 5.35. The summed E-state index contributed by atoms with van der Waals surface area (Å²) in [6, 6.07) is 3.82. The molecule has 0 bridgehead atoms. The van der Waals surface area contributed by atoms with E-state index in [1.54, 1.807) is 12.3 Å². The van der Waals surface area contributed by atoms with Crippen molar-refractivity contribution < 1.29 is 5.84 Å². The van der Waals surface area contributed by atoms with Gasteiger partial charge in [0.25, 0.3) is 0 Å². The van der Waals surface area contributed by atoms with E-state index in [9.17, 15) is 0 Å². The van der Waals surface area contributed by atoms with Crippen molar-refractivity contribution in [2.45, 2.75) is 13.5 Å². The van der Waals surface area contributed by atoms with E-state index in [2.05, 4.69) is 11.9 Å². The third kappa shape index (κ3) is 5.43. The van der Waals surface area contributed by atoms with Gasteiger partial charge in [-0.15, -0.1) is 6.58 Å². The molecule has 0 saturated carbocycles. The van der Waals surface area contributed by atoms with Crippen molar-refractivity contribution in [1.82, 2.24) is 5.32 Å². The molecule has 1 aromatic rings. The molecule has 1 heterocycles. The predicted octanol–water partition coefficient (Wildman–Crippen LogP) is 2.44. The van der Waals surface area contributed by atoms with Crippen molar-refractivity contribution in [3.8, 4) is 0 Å². The predicted molar refractivity (Wildman–Crippen MR) is 49.5 cm³/mol. The molecule has 0 amide bonds. The van der Waals surface area contributed by atoms with Gasteiger partial charge >= 0.3 is 0 Å². The Morgan fingerprint density at radius 2 is 2.45 bits per heavy atom. The molecule has 0 unspecified atom stereocenters. The molecule has 0 aromatic carbocycles. The molecule has 11 heavy (non-hydrogen) atoms. The van der Waals surface area contributed by atoms with Crippen LogP contribution in [0.5, 0.6) is 0 Å². The fraction of sp³-hybridized carbons (Fsp3) is 0.333. The van der Waals surface area contributed by atoms with Gasteiger partial charge in [0.1, 0.15) is 5.76 Å². The van der Waals surface area contributed by atoms with E-state index in [1.165, 1.54) is 0 Å². The van der Waals surface area contributed by atoms with Gasteiger partial charge in [-0.1, -0.05) is 6.08 Å². The molecule has 0 aliphatic rings. The first-order valence-electron chi connectivity index (χ1n) is 3.59. The summed E-state index contributed by atoms with van der Waals surface area (Å²) in [6.07, 6.45) is 3.42. The van der Waals surface area contributed by atoms with E-state index in [-0.39, 0.29) is 1.43 Å². The number of allylic oxidation sites excluding steroid dienone is 1. The Morgan fingerprint density at radius 1 is 1.82 bits per heavy atom. The van der Waals surface area contributed by atoms with E-state index in [1.807, 2.05) is 26.1 Å². The van der Waals surface area contributed by atoms with Crippen LogP contribution in [0.4, 0.5) is 0 Å². The third-order valence-corrected chi connectivity index (χ3v) is 0.931. The Kier molecular flexibility index (Phi) is 6.43. The van der Waals surface area contributed by atoms with Crippen molar-refractivity contribution >= 4 is 0 Å². The fourth-order valence-electron chi connectivity index (χ4n) is 0.587. The van der Waals surface area contributed by atoms with E-state index in [0.717, 1.165) is 12.3 Å². The molecule has 1 N–H and O–H groups in total. The minimum Gasteiger partial charge on any atom is -0.468 e. The van der Waals surface area contributed by atoms with E-state index >= 15 is 0 Å². The maximum atomic E-state index is 5.01. The van der Waals surface area contributed by atoms with Crippen molar-refractivity contribution in [3.63, 3.8) is 0 Å². The summed E-state index contributed by atoms with van der Waals surface area (Å²) in [6.45, 7) is 6.06. The van der Waals surface area contributed by atoms with Gasteiger partial charge in [0, 0.05) is 1.43 Å². The van der Waals surface area contributed by atoms with Crippen LogP contribution in [-0.4, -0.2) is 7.05 Å². The molecule has 0 saturated heterocycles. The maximum Gasteiger partial charge on any atom is 0.117 e. The van der Waals surface area contributed by atoms with Crippen LogP contribution in [0.3, 0.4) is 0 Å². The van der Waals surface area contributed by atoms with Crippen LogP contribution in [0.15, 0.2) is 35.5 Å². The van der Waals surface area contributed by atoms with Crippen molar-refractivity contribution in [2.75, 3.05) is 7.05 Å². The maximum absolute atomic E-state index is 5.01. The Morgan fingerprint density at radius 3 is 2.82 bits per heavy atom. The minimum atomic E-state index is 0. The molecule has 0 aliphatic carbocycles. The van der Waals surface area contributed by atoms with Crippen molar-refractivity contribution in [2.24, 2.45) is 0 Å². The van der Waals surface area contributed by atoms with Crippen molar-refractivity contribution in [3.05, 3.63) is 36.8 Å². The summed E-state index contributed by atoms with van der Waals surface area (Å²) in [7, 11) is 1.89. The summed E-state index contributed by atoms with van der Waals surface area (Å²) >= 11 is 0. The lowest BCUT2D eigenvalue weighted by Crippen LogP contribution is -2.03. The molecular weight excluding hydrogens is 138 g/mol. The molecule has 0 fully saturated rings. The molecule has 0 radical (unpaired) electrons. The summed E-state index contributed by atoms with van der Waals surface area (Å²) in [5.74, 6) is 0.979. The molecular formula is C9H17NO. The van der Waals surface area contributed by atoms with Gasteiger partial charge in [0.2, 0.25) is 0 Å². The molecule has 1 aromatic heterocycles. The van der Waals surface area contributed by atoms with Gasteiger partial charge in [-0.2, -0.15) is 0 Å². The zero-order valence-electron chi connectivity index (χ0n) is 7.13. The van der Waals surface area contributed by atoms with Crippen LogP contribution >= 0.6 is 0 Å². The number of rotatable bonds is 2. The zero-order valence-corrected chi connectivity index (χ0v) is 7.13. The second-order valence-electron chi connectivity index (χ2n) is 2.02. The van der Waals surface area contributed by atoms with Crippen LogP contribution in [0.2, 0.25) is 0 Å². The molecule has 1 rings (SSSR count). The SMILES string of the molecule is C=CC.CNCc1ccco1.[HH]. The van der Waals surface area contributed by atoms with Gasteiger partial charge in [-0.3, -0.25) is 0 Å². The first-order valence-corrected chi connectivity index (χ1v) is 3.59. The lowest BCUT2D eigenvalue weighted by molar-refractivity contribution is 0.495. The van der Waals surface area contributed by atoms with Crippen LogP contribution in [-0.2, 0) is 6.54 Å². The zero-order chi connectivity index (χ0) is 8.53. The summed E-state index contributed by atoms with van der Waals surface area (Å²) in [5, 5.41) is 2.98. The monoisotopic (exact) mass is 155 g/mol. The smallest absolute Gasteiger partial charge is 0.117 e. The average molecular weight is 155 g/mol. The average Bonchev–Trinajstić information content (AvgIpc) is 2.42. The number of hydrogen-bond donors (Lipinski definition) is 1. The fourth-order valence-corrected chi connectivity index (χ4v) is 0.587. The lowest BCUT2D eigenvalue weighted by atomic mass is 10.4. The highest BCUT2D eigenvalue weighted by Gasteiger charge is 1.87. The molecule has 2 nitrogen and oxygen atoms in total. The molecule has 0 atom stereocenters. The van der Waals surface area contributed by atoms with Crippen LogP contribution in [0.25, 0.3) is 0 Å². The largest absolute Gasteiger partial charge is 0.468 e. The first kappa shape index (κ1) is 9.98. The molecule has 64 valence electrons. The highest BCUT2D eigenvalue weighted by molar-refractivity contribution is 4.96. The number of hydrogen-bond acceptors (Lipinski definition) is 2. The van der Waals surface area contributed by atoms with Gasteiger partial charge in [-0.25, -0.2) is 0 Å². The lowest BCUT2D eigenvalue weighted by Gasteiger charge is -1.89. The van der Waals surface area contributed by atoms with Crippen molar-refractivity contribution in [1.29, 1.82) is 0 Å². The Hall–Kier alpha value is -1.02. The summed E-state index contributed by atoms with van der Waals surface area (Å²) in [4.78, 5) is 0. The quantitative estimate of drug-likeness (QED) is 0.663. The van der Waals surface area contributed by atoms with Gasteiger partial charge in [0.05, 0.1) is 12.8 Å². The van der Waals surface area contributed by atoms with Crippen LogP contribution in [0, 0.1) is 0 Å². The molecule has 0 spiro atoms. The summed E-state index contributed by atoms with van der Waals surface area (Å²) in [5.41, 5.74) is 0. The number of nitrogens with one attached hydrogen (secondary N) is 1. The van der Waals surface area contributed by atoms with E-state index in [4.69, 9.17) is 4.42 Å². The van der Waals surface area contributed by atoms with E-state index < -0.39 is 0 Å². The second kappa shape index (κ2) is 7.09. The highest BCUT2D eigenvalue weighted by atomic mass is 16.3.